The van der Waals surface area contributed by atoms with Crippen molar-refractivity contribution in [2.45, 2.75) is 72.2 Å². The van der Waals surface area contributed by atoms with Crippen molar-refractivity contribution < 1.29 is 34.9 Å². The Morgan fingerprint density at radius 3 is 1.83 bits per heavy atom. The molecule has 0 radical (unpaired) electrons. The number of hydrogen-bond acceptors (Lipinski definition) is 8. The highest BCUT2D eigenvalue weighted by Gasteiger charge is 2.28. The lowest BCUT2D eigenvalue weighted by Crippen LogP contribution is -2.41. The van der Waals surface area contributed by atoms with E-state index < -0.39 is 22.8 Å². The number of aliphatic carboxylic acids is 1. The third kappa shape index (κ3) is 11.1. The molecule has 1 unspecified atom stereocenters. The molecule has 5 N–H and O–H groups in total. The second-order valence-electron chi connectivity index (χ2n) is 9.75. The third-order valence-corrected chi connectivity index (χ3v) is 6.04. The topological polar surface area (TPSA) is 173 Å². The van der Waals surface area contributed by atoms with E-state index in [1.54, 1.807) is 13.0 Å². The zero-order valence-electron chi connectivity index (χ0n) is 24.6. The number of hydrogen-bond donors (Lipinski definition) is 5. The molecule has 228 valence electrons. The summed E-state index contributed by atoms with van der Waals surface area (Å²) in [6.07, 6.45) is 5.08. The van der Waals surface area contributed by atoms with Crippen molar-refractivity contribution >= 4 is 11.9 Å². The van der Waals surface area contributed by atoms with Crippen molar-refractivity contribution in [3.05, 3.63) is 105 Å². The van der Waals surface area contributed by atoms with Crippen LogP contribution in [0.4, 0.5) is 0 Å². The molecule has 0 saturated carbocycles. The molecule has 0 fully saturated rings. The van der Waals surface area contributed by atoms with Gasteiger partial charge in [0.2, 0.25) is 0 Å². The molecule has 11 nitrogen and oxygen atoms in total. The minimum atomic E-state index is -1.18. The lowest BCUT2D eigenvalue weighted by Gasteiger charge is -2.35. The Morgan fingerprint density at radius 1 is 0.976 bits per heavy atom. The summed E-state index contributed by atoms with van der Waals surface area (Å²) >= 11 is 0. The summed E-state index contributed by atoms with van der Waals surface area (Å²) in [4.78, 5) is 36.7. The van der Waals surface area contributed by atoms with Crippen LogP contribution < -0.4 is 5.32 Å². The Hall–Kier alpha value is -4.64. The fourth-order valence-electron chi connectivity index (χ4n) is 4.15. The number of carbonyl (C=O) groups is 2. The maximum absolute atomic E-state index is 12.6. The van der Waals surface area contributed by atoms with E-state index in [1.807, 2.05) is 64.1 Å². The van der Waals surface area contributed by atoms with Gasteiger partial charge in [0.1, 0.15) is 23.1 Å². The van der Waals surface area contributed by atoms with Gasteiger partial charge in [-0.1, -0.05) is 55.5 Å². The molecule has 2 aromatic rings. The molecular formula is C31H41N3O8. The van der Waals surface area contributed by atoms with E-state index in [1.165, 1.54) is 30.4 Å². The van der Waals surface area contributed by atoms with Gasteiger partial charge >= 0.3 is 5.97 Å². The van der Waals surface area contributed by atoms with Crippen LogP contribution in [0.3, 0.4) is 0 Å². The van der Waals surface area contributed by atoms with Crippen LogP contribution in [0.2, 0.25) is 0 Å². The number of aliphatic hydroxyl groups is 1. The van der Waals surface area contributed by atoms with Gasteiger partial charge in [-0.25, -0.2) is 4.79 Å². The lowest BCUT2D eigenvalue weighted by molar-refractivity contribution is -0.419. The highest BCUT2D eigenvalue weighted by atomic mass is 16.6. The number of phenols is 2. The Kier molecular flexibility index (Phi) is 15.1. The van der Waals surface area contributed by atoms with E-state index in [0.717, 1.165) is 5.70 Å². The molecule has 11 heteroatoms. The van der Waals surface area contributed by atoms with Gasteiger partial charge in [-0.05, 0) is 52.3 Å². The number of benzene rings is 2. The fourth-order valence-corrected chi connectivity index (χ4v) is 4.15. The Labute approximate surface area is 246 Å². The highest BCUT2D eigenvalue weighted by Crippen LogP contribution is 2.26. The maximum atomic E-state index is 12.6. The highest BCUT2D eigenvalue weighted by molar-refractivity contribution is 5.99. The number of nitrogens with one attached hydrogen (secondary N) is 1. The van der Waals surface area contributed by atoms with Crippen LogP contribution in [0.1, 0.15) is 53.0 Å². The van der Waals surface area contributed by atoms with Crippen molar-refractivity contribution in [2.75, 3.05) is 0 Å². The van der Waals surface area contributed by atoms with Crippen molar-refractivity contribution in [1.82, 2.24) is 10.2 Å². The predicted molar refractivity (Wildman–Crippen MR) is 160 cm³/mol. The molecule has 42 heavy (non-hydrogen) atoms. The molecule has 0 aromatic heterocycles. The van der Waals surface area contributed by atoms with Gasteiger partial charge in [-0.2, -0.15) is 0 Å². The number of aromatic hydroxyl groups is 2. The van der Waals surface area contributed by atoms with E-state index in [0.29, 0.717) is 6.42 Å². The number of carboxylic acids is 1. The first kappa shape index (κ1) is 35.4. The van der Waals surface area contributed by atoms with Gasteiger partial charge in [-0.3, -0.25) is 14.9 Å². The summed E-state index contributed by atoms with van der Waals surface area (Å²) < 4.78 is 0. The average Bonchev–Trinajstić information content (AvgIpc) is 3.16. The summed E-state index contributed by atoms with van der Waals surface area (Å²) in [7, 11) is 0. The SMILES string of the molecule is CCC(NC(=O)C1=C([N+](=O)[O-])C=CCC(N(C(C)C)C(C)C)=C1)C(=O)O.OCc1c(O)cccc1O.c1ccccc1. The Morgan fingerprint density at radius 2 is 1.48 bits per heavy atom. The summed E-state index contributed by atoms with van der Waals surface area (Å²) in [6, 6.07) is 15.5. The molecule has 0 aliphatic heterocycles. The van der Waals surface area contributed by atoms with Crippen LogP contribution in [0.25, 0.3) is 0 Å². The first-order valence-corrected chi connectivity index (χ1v) is 13.5. The molecule has 0 saturated heterocycles. The largest absolute Gasteiger partial charge is 0.507 e. The summed E-state index contributed by atoms with van der Waals surface area (Å²) in [6.45, 7) is 9.29. The number of rotatable bonds is 9. The standard InChI is InChI=1S/C18H27N3O5.C7H8O3.C6H6/c1-6-15(18(23)24)19-17(22)14-10-13(20(11(2)3)12(4)5)8-7-9-16(14)21(25)26;8-4-5-6(9)2-1-3-7(5)10;1-2-4-6-5-3-1/h7,9-12,15H,6,8H2,1-5H3,(H,19,22)(H,23,24);1-3,8-10H,4H2;1-6H. The monoisotopic (exact) mass is 583 g/mol. The molecule has 3 rings (SSSR count). The van der Waals surface area contributed by atoms with Gasteiger partial charge in [0, 0.05) is 30.3 Å². The number of allylic oxidation sites excluding steroid dienone is 2. The number of nitrogens with zero attached hydrogens (tertiary/aromatic N) is 2. The zero-order chi connectivity index (χ0) is 31.8. The Balaban J connectivity index is 0.000000442. The minimum Gasteiger partial charge on any atom is -0.507 e. The minimum absolute atomic E-state index is 0.0810. The van der Waals surface area contributed by atoms with E-state index in [2.05, 4.69) is 10.2 Å². The summed E-state index contributed by atoms with van der Waals surface area (Å²) in [5, 5.41) is 49.4. The molecule has 2 aromatic carbocycles. The van der Waals surface area contributed by atoms with E-state index in [9.17, 15) is 19.7 Å². The molecule has 1 aliphatic carbocycles. The fraction of sp³-hybridized carbons (Fsp3) is 0.355. The lowest BCUT2D eigenvalue weighted by atomic mass is 10.1. The molecular weight excluding hydrogens is 542 g/mol. The van der Waals surface area contributed by atoms with Gasteiger partial charge in [0.15, 0.2) is 0 Å². The van der Waals surface area contributed by atoms with Crippen molar-refractivity contribution in [1.29, 1.82) is 0 Å². The quantitative estimate of drug-likeness (QED) is 0.206. The normalized spacial score (nSPS) is 13.1. The molecule has 1 atom stereocenters. The van der Waals surface area contributed by atoms with Gasteiger partial charge < -0.3 is 30.6 Å². The van der Waals surface area contributed by atoms with Crippen molar-refractivity contribution in [3.63, 3.8) is 0 Å². The van der Waals surface area contributed by atoms with Crippen LogP contribution in [0, 0.1) is 10.1 Å². The van der Waals surface area contributed by atoms with Gasteiger partial charge in [-0.15, -0.1) is 0 Å². The number of nitro groups is 1. The molecule has 1 amide bonds. The predicted octanol–water partition coefficient (Wildman–Crippen LogP) is 4.74. The van der Waals surface area contributed by atoms with Crippen LogP contribution in [-0.4, -0.2) is 60.3 Å². The van der Waals surface area contributed by atoms with Gasteiger partial charge in [0.25, 0.3) is 11.6 Å². The molecule has 1 aliphatic rings. The van der Waals surface area contributed by atoms with Crippen LogP contribution in [-0.2, 0) is 16.2 Å². The zero-order valence-corrected chi connectivity index (χ0v) is 24.6. The maximum Gasteiger partial charge on any atom is 0.326 e. The third-order valence-electron chi connectivity index (χ3n) is 6.04. The van der Waals surface area contributed by atoms with Gasteiger partial charge in [0.05, 0.1) is 17.1 Å². The van der Waals surface area contributed by atoms with E-state index in [4.69, 9.17) is 20.4 Å². The number of amides is 1. The molecule has 0 bridgehead atoms. The summed E-state index contributed by atoms with van der Waals surface area (Å²) in [5.41, 5.74) is 0.467. The van der Waals surface area contributed by atoms with Crippen molar-refractivity contribution in [3.8, 4) is 11.5 Å². The number of carboxylic acid groups (broad SMARTS) is 1. The average molecular weight is 584 g/mol. The smallest absolute Gasteiger partial charge is 0.326 e. The van der Waals surface area contributed by atoms with Crippen LogP contribution >= 0.6 is 0 Å². The van der Waals surface area contributed by atoms with Crippen molar-refractivity contribution in [2.24, 2.45) is 0 Å². The first-order valence-electron chi connectivity index (χ1n) is 13.5. The van der Waals surface area contributed by atoms with Crippen LogP contribution in [0.15, 0.2) is 89.8 Å². The Bertz CT molecular complexity index is 1220. The number of carbonyl (C=O) groups excluding carboxylic acids is 1. The first-order chi connectivity index (χ1) is 19.8. The second kappa shape index (κ2) is 17.9. The van der Waals surface area contributed by atoms with Crippen LogP contribution in [0.5, 0.6) is 11.5 Å². The second-order valence-corrected chi connectivity index (χ2v) is 9.75. The summed E-state index contributed by atoms with van der Waals surface area (Å²) in [5.74, 6) is -2.10. The number of aliphatic hydroxyl groups excluding tert-OH is 1. The molecule has 0 heterocycles. The van der Waals surface area contributed by atoms with E-state index in [-0.39, 0.29) is 53.4 Å². The molecule has 0 spiro atoms. The van der Waals surface area contributed by atoms with E-state index >= 15 is 0 Å².